The highest BCUT2D eigenvalue weighted by atomic mass is 79.9. The highest BCUT2D eigenvalue weighted by molar-refractivity contribution is 9.10. The van der Waals surface area contributed by atoms with Crippen LogP contribution in [0.3, 0.4) is 0 Å². The van der Waals surface area contributed by atoms with Gasteiger partial charge in [0.25, 0.3) is 0 Å². The van der Waals surface area contributed by atoms with Crippen LogP contribution in [0.5, 0.6) is 0 Å². The van der Waals surface area contributed by atoms with Gasteiger partial charge in [-0.1, -0.05) is 15.9 Å². The van der Waals surface area contributed by atoms with E-state index in [-0.39, 0.29) is 0 Å². The van der Waals surface area contributed by atoms with E-state index in [1.807, 2.05) is 6.07 Å². The first-order valence-corrected chi connectivity index (χ1v) is 5.64. The van der Waals surface area contributed by atoms with Crippen molar-refractivity contribution in [3.8, 4) is 6.07 Å². The molecule has 6 heteroatoms. The van der Waals surface area contributed by atoms with E-state index in [0.29, 0.717) is 15.7 Å². The molecule has 0 saturated heterocycles. The molecule has 0 saturated carbocycles. The molecule has 92 valence electrons. The number of alkyl halides is 3. The molecule has 2 nitrogen and oxygen atoms in total. The first kappa shape index (κ1) is 13.8. The molecule has 1 rings (SSSR count). The number of rotatable bonds is 3. The Kier molecular flexibility index (Phi) is 4.40. The molecule has 0 bridgehead atoms. The summed E-state index contributed by atoms with van der Waals surface area (Å²) in [6.45, 7) is 1.43. The number of nitrogens with one attached hydrogen (secondary N) is 1. The van der Waals surface area contributed by atoms with Gasteiger partial charge in [0, 0.05) is 10.5 Å². The van der Waals surface area contributed by atoms with Crippen molar-refractivity contribution in [2.24, 2.45) is 0 Å². The number of nitrogens with zero attached hydrogens (tertiary/aromatic N) is 1. The second-order valence-electron chi connectivity index (χ2n) is 3.67. The average Bonchev–Trinajstić information content (AvgIpc) is 2.14. The van der Waals surface area contributed by atoms with Crippen molar-refractivity contribution >= 4 is 21.6 Å². The summed E-state index contributed by atoms with van der Waals surface area (Å²) in [5.74, 6) is 0. The van der Waals surface area contributed by atoms with Crippen molar-refractivity contribution in [1.82, 2.24) is 0 Å². The first-order valence-electron chi connectivity index (χ1n) is 4.85. The molecular weight excluding hydrogens is 297 g/mol. The van der Waals surface area contributed by atoms with Gasteiger partial charge in [-0.3, -0.25) is 0 Å². The predicted molar refractivity (Wildman–Crippen MR) is 62.6 cm³/mol. The molecule has 0 spiro atoms. The Bertz CT molecular complexity index is 437. The van der Waals surface area contributed by atoms with Gasteiger partial charge in [-0.15, -0.1) is 0 Å². The standard InChI is InChI=1S/C11H10BrF3N2/c1-7(5-11(13,14)15)17-10-4-9(12)3-2-8(10)6-16/h2-4,7,17H,5H2,1H3. The number of hydrogen-bond donors (Lipinski definition) is 1. The Hall–Kier alpha value is -1.22. The number of nitriles is 1. The Labute approximate surface area is 106 Å². The maximum atomic E-state index is 12.2. The molecule has 1 aromatic rings. The average molecular weight is 307 g/mol. The van der Waals surface area contributed by atoms with Gasteiger partial charge in [-0.25, -0.2) is 0 Å². The molecule has 0 aliphatic heterocycles. The van der Waals surface area contributed by atoms with Crippen LogP contribution in [-0.2, 0) is 0 Å². The van der Waals surface area contributed by atoms with Crippen LogP contribution in [0.2, 0.25) is 0 Å². The molecule has 1 unspecified atom stereocenters. The van der Waals surface area contributed by atoms with Crippen molar-refractivity contribution in [3.05, 3.63) is 28.2 Å². The Morgan fingerprint density at radius 3 is 2.65 bits per heavy atom. The van der Waals surface area contributed by atoms with Crippen molar-refractivity contribution in [3.63, 3.8) is 0 Å². The molecule has 0 radical (unpaired) electrons. The van der Waals surface area contributed by atoms with Crippen LogP contribution in [0.15, 0.2) is 22.7 Å². The van der Waals surface area contributed by atoms with Crippen LogP contribution in [-0.4, -0.2) is 12.2 Å². The summed E-state index contributed by atoms with van der Waals surface area (Å²) in [7, 11) is 0. The number of halogens is 4. The van der Waals surface area contributed by atoms with Gasteiger partial charge < -0.3 is 5.32 Å². The summed E-state index contributed by atoms with van der Waals surface area (Å²) in [6, 6.07) is 5.95. The lowest BCUT2D eigenvalue weighted by Crippen LogP contribution is -2.24. The molecule has 0 amide bonds. The third-order valence-electron chi connectivity index (χ3n) is 2.04. The minimum absolute atomic E-state index is 0.322. The van der Waals surface area contributed by atoms with Gasteiger partial charge in [0.2, 0.25) is 0 Å². The smallest absolute Gasteiger partial charge is 0.381 e. The van der Waals surface area contributed by atoms with Gasteiger partial charge in [0.1, 0.15) is 6.07 Å². The van der Waals surface area contributed by atoms with Gasteiger partial charge in [0.15, 0.2) is 0 Å². The number of hydrogen-bond acceptors (Lipinski definition) is 2. The van der Waals surface area contributed by atoms with Crippen LogP contribution < -0.4 is 5.32 Å². The quantitative estimate of drug-likeness (QED) is 0.913. The highest BCUT2D eigenvalue weighted by Crippen LogP contribution is 2.26. The summed E-state index contributed by atoms with van der Waals surface area (Å²) >= 11 is 3.21. The largest absolute Gasteiger partial charge is 0.391 e. The molecule has 1 aromatic carbocycles. The van der Waals surface area contributed by atoms with Crippen LogP contribution in [0.25, 0.3) is 0 Å². The van der Waals surface area contributed by atoms with Crippen LogP contribution in [0.1, 0.15) is 18.9 Å². The summed E-state index contributed by atoms with van der Waals surface area (Å²) in [6.07, 6.45) is -5.16. The molecule has 0 fully saturated rings. The fraction of sp³-hybridized carbons (Fsp3) is 0.364. The van der Waals surface area contributed by atoms with Gasteiger partial charge in [0.05, 0.1) is 17.7 Å². The zero-order chi connectivity index (χ0) is 13.1. The lowest BCUT2D eigenvalue weighted by Gasteiger charge is -2.17. The predicted octanol–water partition coefficient (Wildman–Crippen LogP) is 4.07. The van der Waals surface area contributed by atoms with Crippen LogP contribution in [0, 0.1) is 11.3 Å². The molecule has 1 N–H and O–H groups in total. The van der Waals surface area contributed by atoms with E-state index in [1.54, 1.807) is 18.2 Å². The zero-order valence-corrected chi connectivity index (χ0v) is 10.6. The fourth-order valence-electron chi connectivity index (χ4n) is 1.40. The van der Waals surface area contributed by atoms with Crippen molar-refractivity contribution in [1.29, 1.82) is 5.26 Å². The zero-order valence-electron chi connectivity index (χ0n) is 8.98. The number of anilines is 1. The van der Waals surface area contributed by atoms with E-state index in [0.717, 1.165) is 0 Å². The summed E-state index contributed by atoms with van der Waals surface area (Å²) in [5.41, 5.74) is 0.723. The molecule has 0 aliphatic carbocycles. The van der Waals surface area contributed by atoms with E-state index < -0.39 is 18.6 Å². The molecule has 1 atom stereocenters. The number of benzene rings is 1. The Morgan fingerprint density at radius 2 is 2.12 bits per heavy atom. The van der Waals surface area contributed by atoms with Crippen LogP contribution >= 0.6 is 15.9 Å². The van der Waals surface area contributed by atoms with Gasteiger partial charge >= 0.3 is 6.18 Å². The minimum atomic E-state index is -4.22. The van der Waals surface area contributed by atoms with Crippen molar-refractivity contribution in [2.75, 3.05) is 5.32 Å². The highest BCUT2D eigenvalue weighted by Gasteiger charge is 2.30. The molecule has 17 heavy (non-hydrogen) atoms. The fourth-order valence-corrected chi connectivity index (χ4v) is 1.76. The van der Waals surface area contributed by atoms with Crippen molar-refractivity contribution < 1.29 is 13.2 Å². The lowest BCUT2D eigenvalue weighted by molar-refractivity contribution is -0.136. The topological polar surface area (TPSA) is 35.8 Å². The molecule has 0 aliphatic rings. The van der Waals surface area contributed by atoms with Crippen molar-refractivity contribution in [2.45, 2.75) is 25.6 Å². The third kappa shape index (κ3) is 4.65. The first-order chi connectivity index (χ1) is 7.81. The molecule has 0 heterocycles. The monoisotopic (exact) mass is 306 g/mol. The van der Waals surface area contributed by atoms with E-state index in [4.69, 9.17) is 5.26 Å². The maximum Gasteiger partial charge on any atom is 0.391 e. The van der Waals surface area contributed by atoms with E-state index in [2.05, 4.69) is 21.2 Å². The molecular formula is C11H10BrF3N2. The van der Waals surface area contributed by atoms with Gasteiger partial charge in [-0.2, -0.15) is 18.4 Å². The second kappa shape index (κ2) is 5.41. The van der Waals surface area contributed by atoms with E-state index in [1.165, 1.54) is 6.92 Å². The summed E-state index contributed by atoms with van der Waals surface area (Å²) in [5, 5.41) is 11.5. The second-order valence-corrected chi connectivity index (χ2v) is 4.58. The third-order valence-corrected chi connectivity index (χ3v) is 2.53. The van der Waals surface area contributed by atoms with Gasteiger partial charge in [-0.05, 0) is 25.1 Å². The maximum absolute atomic E-state index is 12.2. The summed E-state index contributed by atoms with van der Waals surface area (Å²) in [4.78, 5) is 0. The Morgan fingerprint density at radius 1 is 1.47 bits per heavy atom. The SMILES string of the molecule is CC(CC(F)(F)F)Nc1cc(Br)ccc1C#N. The molecule has 0 aromatic heterocycles. The van der Waals surface area contributed by atoms with E-state index in [9.17, 15) is 13.2 Å². The lowest BCUT2D eigenvalue weighted by atomic mass is 10.1. The minimum Gasteiger partial charge on any atom is -0.381 e. The van der Waals surface area contributed by atoms with E-state index >= 15 is 0 Å². The normalized spacial score (nSPS) is 12.9. The summed E-state index contributed by atoms with van der Waals surface area (Å²) < 4.78 is 37.2. The Balaban J connectivity index is 2.81. The van der Waals surface area contributed by atoms with Crippen LogP contribution in [0.4, 0.5) is 18.9 Å².